The molecule has 10 heteroatoms. The average molecular weight is 746 g/mol. The predicted molar refractivity (Wildman–Crippen MR) is 210 cm³/mol. The van der Waals surface area contributed by atoms with Crippen LogP contribution in [-0.2, 0) is 26.6 Å². The van der Waals surface area contributed by atoms with Gasteiger partial charge in [0.25, 0.3) is 0 Å². The second kappa shape index (κ2) is 17.8. The van der Waals surface area contributed by atoms with E-state index in [4.69, 9.17) is 4.74 Å². The number of rotatable bonds is 16. The van der Waals surface area contributed by atoms with Crippen molar-refractivity contribution in [3.05, 3.63) is 84.6 Å². The molecule has 3 aromatic carbocycles. The standard InChI is InChI=1S/C42H55N3O5S2/c1-3-4-5-6-7-8-9-13-30-50-35-16-19-37(20-17-35)52(48,49)40-32-43-39-21-18-36(51(2)47)31-38(39)41(40)45-26-22-34(23-27-45)44-28-24-42(46,25-29-44)33-14-11-10-12-15-33/h10-12,14-21,31-32,34,46H,3-9,13,22-30H2,1-2H3. The lowest BCUT2D eigenvalue weighted by Gasteiger charge is -2.45. The Balaban J connectivity index is 1.15. The summed E-state index contributed by atoms with van der Waals surface area (Å²) in [6.07, 6.45) is 16.1. The van der Waals surface area contributed by atoms with E-state index in [0.717, 1.165) is 44.3 Å². The minimum absolute atomic E-state index is 0.163. The monoisotopic (exact) mass is 745 g/mol. The van der Waals surface area contributed by atoms with E-state index in [0.29, 0.717) is 65.8 Å². The molecule has 1 unspecified atom stereocenters. The number of sulfone groups is 1. The van der Waals surface area contributed by atoms with E-state index >= 15 is 0 Å². The van der Waals surface area contributed by atoms with Crippen molar-refractivity contribution in [2.24, 2.45) is 0 Å². The van der Waals surface area contributed by atoms with Gasteiger partial charge in [0.2, 0.25) is 9.84 Å². The Hall–Kier alpha value is -3.15. The number of ether oxygens (including phenoxy) is 1. The molecule has 1 atom stereocenters. The van der Waals surface area contributed by atoms with Gasteiger partial charge in [-0.1, -0.05) is 82.2 Å². The number of hydrogen-bond acceptors (Lipinski definition) is 8. The van der Waals surface area contributed by atoms with E-state index in [1.54, 1.807) is 36.6 Å². The van der Waals surface area contributed by atoms with Crippen LogP contribution in [0.2, 0.25) is 0 Å². The van der Waals surface area contributed by atoms with Crippen LogP contribution in [0.4, 0.5) is 5.69 Å². The molecule has 2 saturated heterocycles. The molecule has 52 heavy (non-hydrogen) atoms. The van der Waals surface area contributed by atoms with Crippen molar-refractivity contribution in [1.82, 2.24) is 9.88 Å². The van der Waals surface area contributed by atoms with Crippen molar-refractivity contribution in [1.29, 1.82) is 0 Å². The first-order valence-electron chi connectivity index (χ1n) is 19.2. The number of piperidine rings is 2. The Morgan fingerprint density at radius 2 is 1.54 bits per heavy atom. The third kappa shape index (κ3) is 9.13. The number of pyridine rings is 1. The molecule has 4 aromatic rings. The summed E-state index contributed by atoms with van der Waals surface area (Å²) in [6.45, 7) is 5.84. The Labute approximate surface area is 313 Å². The molecule has 2 aliphatic rings. The lowest BCUT2D eigenvalue weighted by Crippen LogP contribution is -2.50. The molecule has 6 rings (SSSR count). The number of fused-ring (bicyclic) bond motifs is 1. The van der Waals surface area contributed by atoms with Crippen LogP contribution in [-0.4, -0.2) is 73.0 Å². The zero-order valence-corrected chi connectivity index (χ0v) is 32.5. The van der Waals surface area contributed by atoms with Crippen molar-refractivity contribution in [3.63, 3.8) is 0 Å². The van der Waals surface area contributed by atoms with Crippen LogP contribution in [0.25, 0.3) is 10.9 Å². The molecule has 1 aromatic heterocycles. The van der Waals surface area contributed by atoms with Crippen LogP contribution in [0.3, 0.4) is 0 Å². The van der Waals surface area contributed by atoms with Crippen molar-refractivity contribution in [2.75, 3.05) is 43.9 Å². The largest absolute Gasteiger partial charge is 0.612 e. The van der Waals surface area contributed by atoms with Gasteiger partial charge in [-0.15, -0.1) is 0 Å². The molecule has 0 spiro atoms. The molecule has 8 nitrogen and oxygen atoms in total. The Morgan fingerprint density at radius 1 is 0.885 bits per heavy atom. The maximum absolute atomic E-state index is 14.4. The average Bonchev–Trinajstić information content (AvgIpc) is 3.17. The zero-order valence-electron chi connectivity index (χ0n) is 30.8. The van der Waals surface area contributed by atoms with Crippen molar-refractivity contribution < 1.29 is 22.8 Å². The molecular weight excluding hydrogens is 691 g/mol. The SMILES string of the molecule is CCCCCCCCCCOc1ccc(S(=O)(=O)c2cnc3ccc([S+](C)[O-])cc3c2N2CCC(N3CCC(O)(c4ccccc4)CC3)CC2)cc1. The van der Waals surface area contributed by atoms with Gasteiger partial charge in [-0.05, 0) is 85.2 Å². The number of aliphatic hydroxyl groups is 1. The molecule has 0 radical (unpaired) electrons. The molecule has 1 N–H and O–H groups in total. The number of benzene rings is 3. The lowest BCUT2D eigenvalue weighted by molar-refractivity contribution is -0.0379. The summed E-state index contributed by atoms with van der Waals surface area (Å²) in [5.41, 5.74) is 1.48. The lowest BCUT2D eigenvalue weighted by atomic mass is 9.83. The summed E-state index contributed by atoms with van der Waals surface area (Å²) in [6, 6.07) is 22.5. The Kier molecular flexibility index (Phi) is 13.2. The molecule has 2 aliphatic heterocycles. The van der Waals surface area contributed by atoms with Gasteiger partial charge in [0.05, 0.1) is 28.3 Å². The van der Waals surface area contributed by atoms with Gasteiger partial charge in [0.1, 0.15) is 16.9 Å². The van der Waals surface area contributed by atoms with Gasteiger partial charge >= 0.3 is 0 Å². The van der Waals surface area contributed by atoms with E-state index in [9.17, 15) is 18.1 Å². The quantitative estimate of drug-likeness (QED) is 0.0903. The van der Waals surface area contributed by atoms with Crippen LogP contribution in [0.5, 0.6) is 5.75 Å². The molecule has 3 heterocycles. The van der Waals surface area contributed by atoms with Gasteiger partial charge in [-0.3, -0.25) is 4.98 Å². The number of hydrogen-bond donors (Lipinski definition) is 1. The van der Waals surface area contributed by atoms with Gasteiger partial charge in [-0.2, -0.15) is 0 Å². The molecule has 0 amide bonds. The Morgan fingerprint density at radius 3 is 2.19 bits per heavy atom. The summed E-state index contributed by atoms with van der Waals surface area (Å²) >= 11 is -1.24. The smallest absolute Gasteiger partial charge is 0.210 e. The summed E-state index contributed by atoms with van der Waals surface area (Å²) < 4.78 is 47.3. The number of likely N-dealkylation sites (tertiary alicyclic amines) is 1. The first-order chi connectivity index (χ1) is 25.2. The van der Waals surface area contributed by atoms with E-state index in [-0.39, 0.29) is 9.79 Å². The molecule has 280 valence electrons. The number of unbranched alkanes of at least 4 members (excludes halogenated alkanes) is 7. The molecular formula is C42H55N3O5S2. The topological polar surface area (TPSA) is 106 Å². The molecule has 2 fully saturated rings. The Bertz CT molecular complexity index is 1840. The van der Waals surface area contributed by atoms with Crippen LogP contribution in [0.1, 0.15) is 89.5 Å². The highest BCUT2D eigenvalue weighted by atomic mass is 32.2. The fourth-order valence-corrected chi connectivity index (χ4v) is 9.84. The second-order valence-corrected chi connectivity index (χ2v) is 17.9. The van der Waals surface area contributed by atoms with E-state index in [2.05, 4.69) is 21.7 Å². The maximum atomic E-state index is 14.4. The summed E-state index contributed by atoms with van der Waals surface area (Å²) in [7, 11) is -3.95. The number of nitrogens with zero attached hydrogens (tertiary/aromatic N) is 3. The fourth-order valence-electron chi connectivity index (χ4n) is 7.86. The summed E-state index contributed by atoms with van der Waals surface area (Å²) in [5, 5.41) is 12.1. The zero-order chi connectivity index (χ0) is 36.6. The van der Waals surface area contributed by atoms with Crippen LogP contribution >= 0.6 is 0 Å². The third-order valence-electron chi connectivity index (χ3n) is 11.0. The van der Waals surface area contributed by atoms with E-state index in [1.165, 1.54) is 44.7 Å². The van der Waals surface area contributed by atoms with Crippen LogP contribution < -0.4 is 9.64 Å². The second-order valence-electron chi connectivity index (χ2n) is 14.6. The first kappa shape index (κ1) is 38.6. The van der Waals surface area contributed by atoms with E-state index < -0.39 is 26.6 Å². The summed E-state index contributed by atoms with van der Waals surface area (Å²) in [5.74, 6) is 0.663. The van der Waals surface area contributed by atoms with Gasteiger partial charge in [0.15, 0.2) is 4.90 Å². The van der Waals surface area contributed by atoms with Crippen molar-refractivity contribution >= 4 is 37.6 Å². The summed E-state index contributed by atoms with van der Waals surface area (Å²) in [4.78, 5) is 10.3. The number of aromatic nitrogens is 1. The highest BCUT2D eigenvalue weighted by Gasteiger charge is 2.37. The predicted octanol–water partition coefficient (Wildman–Crippen LogP) is 8.28. The van der Waals surface area contributed by atoms with Crippen molar-refractivity contribution in [2.45, 2.75) is 110 Å². The van der Waals surface area contributed by atoms with E-state index in [1.807, 2.05) is 42.5 Å². The maximum Gasteiger partial charge on any atom is 0.210 e. The van der Waals surface area contributed by atoms with Gasteiger partial charge in [-0.25, -0.2) is 8.42 Å². The minimum atomic E-state index is -3.95. The fraction of sp³-hybridized carbons (Fsp3) is 0.500. The molecule has 0 aliphatic carbocycles. The highest BCUT2D eigenvalue weighted by Crippen LogP contribution is 2.40. The molecule has 0 saturated carbocycles. The third-order valence-corrected chi connectivity index (χ3v) is 13.7. The first-order valence-corrected chi connectivity index (χ1v) is 22.2. The van der Waals surface area contributed by atoms with Crippen LogP contribution in [0, 0.1) is 0 Å². The van der Waals surface area contributed by atoms with Gasteiger partial charge < -0.3 is 24.2 Å². The number of anilines is 1. The van der Waals surface area contributed by atoms with Crippen LogP contribution in [0.15, 0.2) is 93.7 Å². The minimum Gasteiger partial charge on any atom is -0.612 e. The molecule has 0 bridgehead atoms. The van der Waals surface area contributed by atoms with Crippen molar-refractivity contribution in [3.8, 4) is 5.75 Å². The normalized spacial score (nSPS) is 17.7. The highest BCUT2D eigenvalue weighted by molar-refractivity contribution is 7.91. The van der Waals surface area contributed by atoms with Gasteiger partial charge in [0, 0.05) is 49.9 Å².